The Labute approximate surface area is 289 Å². The number of rotatable bonds is 9. The monoisotopic (exact) mass is 498 g/mol. The molecule has 0 aliphatic carbocycles. The first kappa shape index (κ1) is 35.3. The van der Waals surface area contributed by atoms with E-state index in [4.69, 9.17) is 19.1 Å². The van der Waals surface area contributed by atoms with E-state index in [-0.39, 0.29) is 167 Å². The molecule has 0 aliphatic heterocycles. The van der Waals surface area contributed by atoms with Crippen molar-refractivity contribution in [2.24, 2.45) is 0 Å². The number of hydrogen-bond acceptors (Lipinski definition) is 4. The molecule has 1 aromatic rings. The van der Waals surface area contributed by atoms with E-state index in [1.807, 2.05) is 44.2 Å². The Morgan fingerprint density at radius 3 is 2.33 bits per heavy atom. The molecule has 0 spiro atoms. The molecule has 142 valence electrons. The molecule has 0 aliphatic rings. The molecule has 0 aromatic heterocycles. The zero-order valence-corrected chi connectivity index (χ0v) is 15.3. The summed E-state index contributed by atoms with van der Waals surface area (Å²) in [5.74, 6) is 0.746. The SMILES string of the molecule is C/C(=C\CCCC(P(=O)(O)O)S(=O)(=O)O)COc1cccc(C)c1.[KH].[KH].[KH]. The standard InChI is InChI=1S/C15H23O7PS.3K.3H/c1-12-7-5-8-14(10-12)22-11-13(2)6-3-4-9-15(23(16,17)18)24(19,20)21;;;;;;/h5-8,10,15H,3-4,9,11H2,1-2H3,(H2,16,17,18)(H,19,20,21);;;;;;/b13-6+;;;;;;. The van der Waals surface area contributed by atoms with E-state index in [0.29, 0.717) is 13.0 Å². The normalized spacial score (nSPS) is 12.9. The quantitative estimate of drug-likeness (QED) is 0.152. The van der Waals surface area contributed by atoms with Crippen molar-refractivity contribution in [3.63, 3.8) is 0 Å². The molecular weight excluding hydrogens is 472 g/mol. The van der Waals surface area contributed by atoms with Gasteiger partial charge in [-0.15, -0.1) is 0 Å². The van der Waals surface area contributed by atoms with Gasteiger partial charge in [0.25, 0.3) is 10.1 Å². The number of ether oxygens (including phenoxy) is 1. The summed E-state index contributed by atoms with van der Waals surface area (Å²) in [6, 6.07) is 7.60. The van der Waals surface area contributed by atoms with Crippen LogP contribution >= 0.6 is 7.60 Å². The third kappa shape index (κ3) is 16.1. The van der Waals surface area contributed by atoms with Crippen molar-refractivity contribution in [3.05, 3.63) is 41.5 Å². The Balaban J connectivity index is -0.00000192. The Morgan fingerprint density at radius 1 is 1.26 bits per heavy atom. The van der Waals surface area contributed by atoms with Gasteiger partial charge in [0, 0.05) is 0 Å². The molecular formula is C15H26K3O7PS. The second-order valence-corrected chi connectivity index (χ2v) is 9.40. The van der Waals surface area contributed by atoms with Crippen LogP contribution in [-0.2, 0) is 14.7 Å². The molecule has 7 nitrogen and oxygen atoms in total. The van der Waals surface area contributed by atoms with Crippen LogP contribution in [0.5, 0.6) is 5.75 Å². The summed E-state index contributed by atoms with van der Waals surface area (Å²) in [7, 11) is -9.68. The van der Waals surface area contributed by atoms with Crippen LogP contribution in [0.1, 0.15) is 31.7 Å². The Kier molecular flexibility index (Phi) is 22.6. The minimum atomic E-state index is -4.90. The van der Waals surface area contributed by atoms with Crippen molar-refractivity contribution in [1.82, 2.24) is 0 Å². The third-order valence-corrected chi connectivity index (χ3v) is 6.88. The first-order valence-corrected chi connectivity index (χ1v) is 10.6. The summed E-state index contributed by atoms with van der Waals surface area (Å²) < 4.78 is 47.7. The Bertz CT molecular complexity index is 735. The van der Waals surface area contributed by atoms with E-state index >= 15 is 0 Å². The first-order valence-electron chi connectivity index (χ1n) is 7.37. The maximum absolute atomic E-state index is 11.1. The van der Waals surface area contributed by atoms with Crippen LogP contribution in [0.3, 0.4) is 0 Å². The van der Waals surface area contributed by atoms with Gasteiger partial charge in [-0.25, -0.2) is 0 Å². The summed E-state index contributed by atoms with van der Waals surface area (Å²) in [4.78, 5) is 15.9. The van der Waals surface area contributed by atoms with Gasteiger partial charge in [0.15, 0.2) is 4.99 Å². The van der Waals surface area contributed by atoms with E-state index < -0.39 is 22.7 Å². The second-order valence-electron chi connectivity index (χ2n) is 5.65. The van der Waals surface area contributed by atoms with Crippen molar-refractivity contribution < 1.29 is 32.1 Å². The minimum absolute atomic E-state index is 0. The molecule has 27 heavy (non-hydrogen) atoms. The average Bonchev–Trinajstić information content (AvgIpc) is 2.42. The van der Waals surface area contributed by atoms with Crippen LogP contribution in [0.2, 0.25) is 0 Å². The van der Waals surface area contributed by atoms with Crippen molar-refractivity contribution in [2.75, 3.05) is 6.61 Å². The van der Waals surface area contributed by atoms with Gasteiger partial charge >= 0.3 is 162 Å². The summed E-state index contributed by atoms with van der Waals surface area (Å²) >= 11 is 0. The third-order valence-electron chi connectivity index (χ3n) is 3.32. The van der Waals surface area contributed by atoms with Gasteiger partial charge in [0.05, 0.1) is 0 Å². The summed E-state index contributed by atoms with van der Waals surface area (Å²) in [6.45, 7) is 4.17. The van der Waals surface area contributed by atoms with Crippen LogP contribution in [0.15, 0.2) is 35.9 Å². The number of benzene rings is 1. The fraction of sp³-hybridized carbons (Fsp3) is 0.467. The molecule has 0 heterocycles. The van der Waals surface area contributed by atoms with Gasteiger partial charge in [-0.2, -0.15) is 8.42 Å². The molecule has 1 atom stereocenters. The van der Waals surface area contributed by atoms with Crippen LogP contribution < -0.4 is 4.74 Å². The molecule has 1 unspecified atom stereocenters. The average molecular weight is 499 g/mol. The van der Waals surface area contributed by atoms with Crippen molar-refractivity contribution >= 4 is 172 Å². The van der Waals surface area contributed by atoms with Gasteiger partial charge in [-0.05, 0) is 56.4 Å². The van der Waals surface area contributed by atoms with Gasteiger partial charge < -0.3 is 14.5 Å². The van der Waals surface area contributed by atoms with E-state index in [1.165, 1.54) is 0 Å². The molecule has 0 amide bonds. The fourth-order valence-electron chi connectivity index (χ4n) is 2.09. The topological polar surface area (TPSA) is 121 Å². The molecule has 0 saturated carbocycles. The van der Waals surface area contributed by atoms with E-state index in [2.05, 4.69) is 0 Å². The molecule has 0 saturated heterocycles. The number of unbranched alkanes of at least 4 members (excludes halogenated alkanes) is 1. The van der Waals surface area contributed by atoms with Crippen molar-refractivity contribution in [1.29, 1.82) is 0 Å². The Morgan fingerprint density at radius 2 is 1.85 bits per heavy atom. The summed E-state index contributed by atoms with van der Waals surface area (Å²) in [5, 5.41) is 0. The molecule has 1 rings (SSSR count). The van der Waals surface area contributed by atoms with Crippen LogP contribution in [-0.4, -0.2) is 189 Å². The van der Waals surface area contributed by atoms with Gasteiger partial charge in [-0.3, -0.25) is 9.12 Å². The zero-order valence-electron chi connectivity index (χ0n) is 13.6. The van der Waals surface area contributed by atoms with Gasteiger partial charge in [-0.1, -0.05) is 18.2 Å². The fourth-order valence-corrected chi connectivity index (χ4v) is 4.46. The van der Waals surface area contributed by atoms with Crippen LogP contribution in [0, 0.1) is 6.92 Å². The predicted molar refractivity (Wildman–Crippen MR) is 113 cm³/mol. The van der Waals surface area contributed by atoms with E-state index in [1.54, 1.807) is 0 Å². The maximum atomic E-state index is 11.1. The first-order chi connectivity index (χ1) is 11.0. The van der Waals surface area contributed by atoms with E-state index in [9.17, 15) is 13.0 Å². The van der Waals surface area contributed by atoms with Crippen molar-refractivity contribution in [3.8, 4) is 5.75 Å². The van der Waals surface area contributed by atoms with E-state index in [0.717, 1.165) is 16.9 Å². The Hall–Kier alpha value is 3.73. The number of allylic oxidation sites excluding steroid dienone is 1. The summed E-state index contributed by atoms with van der Waals surface area (Å²) in [5.41, 5.74) is 2.00. The predicted octanol–water partition coefficient (Wildman–Crippen LogP) is 0.937. The molecule has 1 aromatic carbocycles. The molecule has 3 N–H and O–H groups in total. The molecule has 0 radical (unpaired) electrons. The van der Waals surface area contributed by atoms with Crippen LogP contribution in [0.4, 0.5) is 0 Å². The molecule has 12 heteroatoms. The number of aryl methyl sites for hydroxylation is 1. The second kappa shape index (κ2) is 17.2. The molecule has 0 bridgehead atoms. The van der Waals surface area contributed by atoms with Gasteiger partial charge in [0.2, 0.25) is 0 Å². The van der Waals surface area contributed by atoms with Crippen molar-refractivity contribution in [2.45, 2.75) is 38.1 Å². The van der Waals surface area contributed by atoms with Gasteiger partial charge in [0.1, 0.15) is 12.4 Å². The summed E-state index contributed by atoms with van der Waals surface area (Å²) in [6.07, 6.45) is 2.15. The number of hydrogen-bond donors (Lipinski definition) is 3. The molecule has 0 fully saturated rings. The zero-order chi connectivity index (χ0) is 18.4. The van der Waals surface area contributed by atoms with Crippen LogP contribution in [0.25, 0.3) is 0 Å².